The predicted molar refractivity (Wildman–Crippen MR) is 70.6 cm³/mol. The van der Waals surface area contributed by atoms with Crippen molar-refractivity contribution in [1.29, 1.82) is 0 Å². The molecule has 1 N–H and O–H groups in total. The van der Waals surface area contributed by atoms with Crippen LogP contribution in [0.2, 0.25) is 0 Å². The summed E-state index contributed by atoms with van der Waals surface area (Å²) in [7, 11) is 1.32. The molecule has 2 aliphatic rings. The van der Waals surface area contributed by atoms with Crippen LogP contribution in [0, 0.1) is 0 Å². The lowest BCUT2D eigenvalue weighted by molar-refractivity contribution is 0.147. The molecular weight excluding hydrogens is 238 g/mol. The third kappa shape index (κ3) is 4.27. The van der Waals surface area contributed by atoms with E-state index in [1.54, 1.807) is 4.90 Å². The number of carbonyl (C=O) groups is 1. The summed E-state index contributed by atoms with van der Waals surface area (Å²) in [6, 6.07) is 0.305. The van der Waals surface area contributed by atoms with Gasteiger partial charge in [0.15, 0.2) is 0 Å². The second-order valence-corrected chi connectivity index (χ2v) is 5.90. The number of urea groups is 1. The molecule has 2 saturated heterocycles. The maximum atomic E-state index is 11.7. The summed E-state index contributed by atoms with van der Waals surface area (Å²) in [4.78, 5) is 15.6. The molecule has 0 aromatic rings. The van der Waals surface area contributed by atoms with Gasteiger partial charge in [-0.2, -0.15) is 0 Å². The lowest BCUT2D eigenvalue weighted by atomic mass is 10.1. The van der Waals surface area contributed by atoms with Crippen molar-refractivity contribution >= 4 is 16.8 Å². The fraction of sp³-hybridized carbons (Fsp3) is 0.909. The van der Waals surface area contributed by atoms with E-state index < -0.39 is 10.8 Å². The number of nitrogens with one attached hydrogen (secondary N) is 1. The fourth-order valence-corrected chi connectivity index (χ4v) is 2.95. The molecule has 2 heterocycles. The molecule has 0 unspecified atom stereocenters. The minimum Gasteiger partial charge on any atom is -0.333 e. The van der Waals surface area contributed by atoms with Crippen molar-refractivity contribution in [3.63, 3.8) is 0 Å². The number of hydrogen-bond acceptors (Lipinski definition) is 3. The molecule has 0 radical (unpaired) electrons. The van der Waals surface area contributed by atoms with E-state index in [2.05, 4.69) is 10.2 Å². The quantitative estimate of drug-likeness (QED) is 0.728. The van der Waals surface area contributed by atoms with Gasteiger partial charge in [0.1, 0.15) is 0 Å². The average Bonchev–Trinajstić information content (AvgIpc) is 2.30. The van der Waals surface area contributed by atoms with Crippen LogP contribution in [0.1, 0.15) is 13.8 Å². The van der Waals surface area contributed by atoms with Crippen LogP contribution in [0.3, 0.4) is 0 Å². The first-order valence-electron chi connectivity index (χ1n) is 6.24. The number of likely N-dealkylation sites (N-methyl/N-ethyl adjacent to an activating group) is 1. The molecule has 0 atom stereocenters. The number of hydrogen-bond donors (Lipinski definition) is 1. The van der Waals surface area contributed by atoms with Crippen LogP contribution < -0.4 is 5.32 Å². The smallest absolute Gasteiger partial charge is 0.317 e. The maximum Gasteiger partial charge on any atom is 0.317 e. The molecule has 2 amide bonds. The normalized spacial score (nSPS) is 22.4. The minimum absolute atomic E-state index is 0.00444. The molecule has 2 fully saturated rings. The molecule has 5 nitrogen and oxygen atoms in total. The Balaban J connectivity index is 0.000000686. The van der Waals surface area contributed by atoms with Crippen molar-refractivity contribution in [3.05, 3.63) is 0 Å². The van der Waals surface area contributed by atoms with Crippen molar-refractivity contribution in [3.8, 4) is 0 Å². The zero-order valence-electron chi connectivity index (χ0n) is 10.9. The van der Waals surface area contributed by atoms with Gasteiger partial charge in [0.05, 0.1) is 6.04 Å². The molecule has 100 valence electrons. The number of likely N-dealkylation sites (tertiary alicyclic amines) is 1. The van der Waals surface area contributed by atoms with Gasteiger partial charge in [-0.1, -0.05) is 13.8 Å². The van der Waals surface area contributed by atoms with Gasteiger partial charge < -0.3 is 15.1 Å². The second-order valence-electron chi connectivity index (χ2n) is 4.20. The van der Waals surface area contributed by atoms with E-state index in [9.17, 15) is 9.00 Å². The van der Waals surface area contributed by atoms with Crippen LogP contribution in [0.15, 0.2) is 0 Å². The van der Waals surface area contributed by atoms with Gasteiger partial charge in [0.25, 0.3) is 0 Å². The van der Waals surface area contributed by atoms with Crippen LogP contribution >= 0.6 is 0 Å². The van der Waals surface area contributed by atoms with Crippen molar-refractivity contribution < 1.29 is 9.00 Å². The van der Waals surface area contributed by atoms with Gasteiger partial charge in [-0.15, -0.1) is 0 Å². The molecular formula is C11H23N3O2S. The molecule has 0 spiro atoms. The summed E-state index contributed by atoms with van der Waals surface area (Å²) < 4.78 is 11.1. The zero-order valence-corrected chi connectivity index (χ0v) is 11.8. The number of rotatable bonds is 1. The van der Waals surface area contributed by atoms with E-state index in [1.807, 2.05) is 20.9 Å². The summed E-state index contributed by atoms with van der Waals surface area (Å²) in [5.41, 5.74) is 0. The molecule has 2 rings (SSSR count). The van der Waals surface area contributed by atoms with Gasteiger partial charge in [-0.05, 0) is 7.05 Å². The standard InChI is InChI=1S/C9H17N3O2S.C2H6/c1-11-6-8(7-11)10-9(13)12-2-4-15(14)5-3-12;1-2/h8H,2-7H2,1H3,(H,10,13);1-2H3. The lowest BCUT2D eigenvalue weighted by Gasteiger charge is -2.38. The van der Waals surface area contributed by atoms with Gasteiger partial charge in [-0.25, -0.2) is 4.79 Å². The SMILES string of the molecule is CC.CN1CC(NC(=O)N2CCS(=O)CC2)C1. The lowest BCUT2D eigenvalue weighted by Crippen LogP contribution is -2.60. The molecule has 0 aliphatic carbocycles. The monoisotopic (exact) mass is 261 g/mol. The predicted octanol–water partition coefficient (Wildman–Crippen LogP) is 0.101. The Hall–Kier alpha value is -0.620. The highest BCUT2D eigenvalue weighted by atomic mass is 32.2. The largest absolute Gasteiger partial charge is 0.333 e. The van der Waals surface area contributed by atoms with Crippen LogP contribution in [-0.4, -0.2) is 70.8 Å². The summed E-state index contributed by atoms with van der Waals surface area (Å²) in [6.07, 6.45) is 0. The third-order valence-electron chi connectivity index (χ3n) is 2.86. The molecule has 0 aromatic heterocycles. The highest BCUT2D eigenvalue weighted by Gasteiger charge is 2.27. The Morgan fingerprint density at radius 3 is 2.24 bits per heavy atom. The van der Waals surface area contributed by atoms with Gasteiger partial charge in [0.2, 0.25) is 0 Å². The summed E-state index contributed by atoms with van der Waals surface area (Å²) in [5.74, 6) is 1.25. The highest BCUT2D eigenvalue weighted by molar-refractivity contribution is 7.85. The van der Waals surface area contributed by atoms with Crippen LogP contribution in [0.4, 0.5) is 4.79 Å². The first-order chi connectivity index (χ1) is 8.15. The minimum atomic E-state index is -0.714. The van der Waals surface area contributed by atoms with E-state index in [4.69, 9.17) is 0 Å². The van der Waals surface area contributed by atoms with Crippen molar-refractivity contribution in [2.45, 2.75) is 19.9 Å². The van der Waals surface area contributed by atoms with E-state index in [1.165, 1.54) is 0 Å². The first kappa shape index (κ1) is 14.4. The average molecular weight is 261 g/mol. The summed E-state index contributed by atoms with van der Waals surface area (Å²) >= 11 is 0. The molecule has 0 aromatic carbocycles. The zero-order chi connectivity index (χ0) is 12.8. The van der Waals surface area contributed by atoms with Crippen molar-refractivity contribution in [2.75, 3.05) is 44.7 Å². The van der Waals surface area contributed by atoms with Gasteiger partial charge in [0, 0.05) is 48.5 Å². The van der Waals surface area contributed by atoms with Crippen molar-refractivity contribution in [1.82, 2.24) is 15.1 Å². The Morgan fingerprint density at radius 1 is 1.24 bits per heavy atom. The topological polar surface area (TPSA) is 52.7 Å². The number of amides is 2. The molecule has 17 heavy (non-hydrogen) atoms. The highest BCUT2D eigenvalue weighted by Crippen LogP contribution is 2.06. The Bertz CT molecular complexity index is 270. The van der Waals surface area contributed by atoms with E-state index >= 15 is 0 Å². The fourth-order valence-electron chi connectivity index (χ4n) is 1.90. The van der Waals surface area contributed by atoms with Crippen LogP contribution in [0.5, 0.6) is 0 Å². The molecule has 0 bridgehead atoms. The third-order valence-corrected chi connectivity index (χ3v) is 4.13. The number of nitrogens with zero attached hydrogens (tertiary/aromatic N) is 2. The molecule has 6 heteroatoms. The summed E-state index contributed by atoms with van der Waals surface area (Å²) in [6.45, 7) is 7.12. The van der Waals surface area contributed by atoms with Gasteiger partial charge >= 0.3 is 6.03 Å². The first-order valence-corrected chi connectivity index (χ1v) is 7.73. The Morgan fingerprint density at radius 2 is 1.76 bits per heavy atom. The molecule has 2 aliphatic heterocycles. The van der Waals surface area contributed by atoms with Gasteiger partial charge in [-0.3, -0.25) is 4.21 Å². The maximum absolute atomic E-state index is 11.7. The van der Waals surface area contributed by atoms with E-state index in [-0.39, 0.29) is 6.03 Å². The van der Waals surface area contributed by atoms with E-state index in [0.717, 1.165) is 13.1 Å². The van der Waals surface area contributed by atoms with Crippen LogP contribution in [-0.2, 0) is 10.8 Å². The van der Waals surface area contributed by atoms with Crippen molar-refractivity contribution in [2.24, 2.45) is 0 Å². The molecule has 0 saturated carbocycles. The van der Waals surface area contributed by atoms with E-state index in [0.29, 0.717) is 30.6 Å². The second kappa shape index (κ2) is 6.96. The Labute approximate surface area is 106 Å². The number of carbonyl (C=O) groups excluding carboxylic acids is 1. The Kier molecular flexibility index (Phi) is 5.91. The van der Waals surface area contributed by atoms with Crippen LogP contribution in [0.25, 0.3) is 0 Å². The summed E-state index contributed by atoms with van der Waals surface area (Å²) in [5, 5.41) is 2.98.